The maximum Gasteiger partial charge on any atom is 0.424 e. The number of pyridine rings is 2. The lowest BCUT2D eigenvalue weighted by atomic mass is 9.81. The third-order valence-corrected chi connectivity index (χ3v) is 8.49. The molecule has 2 aliphatic rings. The molecule has 13 heteroatoms. The van der Waals surface area contributed by atoms with E-state index in [0.29, 0.717) is 22.6 Å². The molecular weight excluding hydrogens is 620 g/mol. The van der Waals surface area contributed by atoms with Gasteiger partial charge in [0.2, 0.25) is 11.5 Å². The number of primary amides is 1. The number of aryl methyl sites for hydroxylation is 1. The van der Waals surface area contributed by atoms with E-state index in [1.165, 1.54) is 31.2 Å². The van der Waals surface area contributed by atoms with Gasteiger partial charge >= 0.3 is 6.18 Å². The summed E-state index contributed by atoms with van der Waals surface area (Å²) in [5.74, 6) is -1.91. The molecule has 4 aromatic rings. The van der Waals surface area contributed by atoms with Crippen molar-refractivity contribution < 1.29 is 41.7 Å². The Kier molecular flexibility index (Phi) is 7.91. The van der Waals surface area contributed by atoms with Crippen LogP contribution in [0.15, 0.2) is 66.9 Å². The summed E-state index contributed by atoms with van der Waals surface area (Å²) in [6, 6.07) is 13.6. The van der Waals surface area contributed by atoms with E-state index >= 15 is 0 Å². The summed E-state index contributed by atoms with van der Waals surface area (Å²) in [7, 11) is 0. The van der Waals surface area contributed by atoms with Gasteiger partial charge in [-0.2, -0.15) is 13.2 Å². The van der Waals surface area contributed by atoms with Crippen molar-refractivity contribution in [2.24, 2.45) is 5.73 Å². The first kappa shape index (κ1) is 31.9. The number of aliphatic hydroxyl groups is 1. The second-order valence-corrected chi connectivity index (χ2v) is 11.9. The van der Waals surface area contributed by atoms with Crippen molar-refractivity contribution in [3.63, 3.8) is 0 Å². The molecule has 4 N–H and O–H groups in total. The van der Waals surface area contributed by atoms with E-state index in [2.05, 4.69) is 15.3 Å². The quantitative estimate of drug-likeness (QED) is 0.214. The Labute approximate surface area is 266 Å². The fourth-order valence-electron chi connectivity index (χ4n) is 5.37. The molecule has 2 amide bonds. The van der Waals surface area contributed by atoms with E-state index < -0.39 is 47.1 Å². The first-order chi connectivity index (χ1) is 22.2. The molecule has 0 spiro atoms. The first-order valence-corrected chi connectivity index (χ1v) is 14.8. The lowest BCUT2D eigenvalue weighted by molar-refractivity contribution is -0.265. The van der Waals surface area contributed by atoms with Gasteiger partial charge in [0.15, 0.2) is 0 Å². The number of carbonyl (C=O) groups excluding carboxylic acids is 2. The molecule has 9 nitrogen and oxygen atoms in total. The standard InChI is InChI=1S/C34H30F4N4O5/c1-18-23(4-3-13-40-18)24-14-20(7-12-26(24)47-22-10-11-22)30(43)41-16-33(45,34(36,37)38)27-15-25-29(46-17-32(25,2)31(39)44)28(42-27)19-5-8-21(35)9-6-19/h3-9,12-15,22,45H,10-11,16-17H2,1-2H3,(H2,39,44)(H,41,43)/t32-,33?/m0/s1. The van der Waals surface area contributed by atoms with Gasteiger partial charge in [-0.3, -0.25) is 14.6 Å². The molecule has 2 atom stereocenters. The number of hydrogen-bond donors (Lipinski definition) is 3. The van der Waals surface area contributed by atoms with Crippen molar-refractivity contribution in [3.05, 3.63) is 95.2 Å². The first-order valence-electron chi connectivity index (χ1n) is 14.8. The average molecular weight is 651 g/mol. The molecule has 0 bridgehead atoms. The van der Waals surface area contributed by atoms with Gasteiger partial charge in [-0.25, -0.2) is 9.37 Å². The number of halogens is 4. The smallest absolute Gasteiger partial charge is 0.424 e. The van der Waals surface area contributed by atoms with Crippen molar-refractivity contribution in [3.8, 4) is 33.9 Å². The van der Waals surface area contributed by atoms with Crippen LogP contribution in [0.5, 0.6) is 11.5 Å². The number of nitrogens with zero attached hydrogens (tertiary/aromatic N) is 2. The molecule has 0 saturated heterocycles. The minimum atomic E-state index is -5.36. The predicted molar refractivity (Wildman–Crippen MR) is 162 cm³/mol. The van der Waals surface area contributed by atoms with Crippen molar-refractivity contribution in [2.75, 3.05) is 13.2 Å². The minimum Gasteiger partial charge on any atom is -0.490 e. The molecule has 1 fully saturated rings. The molecule has 1 aliphatic carbocycles. The summed E-state index contributed by atoms with van der Waals surface area (Å²) in [6.45, 7) is 1.55. The second-order valence-electron chi connectivity index (χ2n) is 11.9. The normalized spacial score (nSPS) is 18.5. The van der Waals surface area contributed by atoms with E-state index in [-0.39, 0.29) is 40.8 Å². The number of amides is 2. The van der Waals surface area contributed by atoms with Crippen molar-refractivity contribution in [2.45, 2.75) is 50.0 Å². The Morgan fingerprint density at radius 2 is 1.83 bits per heavy atom. The molecule has 1 unspecified atom stereocenters. The van der Waals surface area contributed by atoms with Gasteiger partial charge in [-0.1, -0.05) is 6.07 Å². The molecule has 1 saturated carbocycles. The summed E-state index contributed by atoms with van der Waals surface area (Å²) >= 11 is 0. The SMILES string of the molecule is Cc1ncccc1-c1cc(C(=O)NCC(O)(c2cc3c(c(-c4ccc(F)cc4)n2)OC[C@]3(C)C(N)=O)C(F)(F)F)ccc1OC1CC1. The Hall–Kier alpha value is -5.04. The highest BCUT2D eigenvalue weighted by Gasteiger charge is 2.57. The lowest BCUT2D eigenvalue weighted by Crippen LogP contribution is -2.51. The zero-order chi connectivity index (χ0) is 33.7. The van der Waals surface area contributed by atoms with E-state index in [4.69, 9.17) is 15.2 Å². The third-order valence-electron chi connectivity index (χ3n) is 8.49. The second kappa shape index (κ2) is 11.6. The summed E-state index contributed by atoms with van der Waals surface area (Å²) < 4.78 is 69.8. The molecular formula is C34H30F4N4O5. The Bertz CT molecular complexity index is 1880. The Morgan fingerprint density at radius 3 is 2.47 bits per heavy atom. The number of alkyl halides is 3. The molecule has 244 valence electrons. The number of fused-ring (bicyclic) bond motifs is 1. The van der Waals surface area contributed by atoms with Gasteiger partial charge < -0.3 is 25.6 Å². The highest BCUT2D eigenvalue weighted by atomic mass is 19.4. The molecule has 0 radical (unpaired) electrons. The number of carbonyl (C=O) groups is 2. The number of nitrogens with one attached hydrogen (secondary N) is 1. The summed E-state index contributed by atoms with van der Waals surface area (Å²) in [5.41, 5.74) is 1.26. The molecule has 3 heterocycles. The highest BCUT2D eigenvalue weighted by molar-refractivity contribution is 5.96. The lowest BCUT2D eigenvalue weighted by Gasteiger charge is -2.31. The monoisotopic (exact) mass is 650 g/mol. The van der Waals surface area contributed by atoms with Gasteiger partial charge in [0.25, 0.3) is 5.91 Å². The van der Waals surface area contributed by atoms with Gasteiger partial charge in [0.05, 0.1) is 18.3 Å². The van der Waals surface area contributed by atoms with E-state index in [1.54, 1.807) is 31.3 Å². The van der Waals surface area contributed by atoms with Crippen LogP contribution in [0.3, 0.4) is 0 Å². The summed E-state index contributed by atoms with van der Waals surface area (Å²) in [6.07, 6.45) is -1.94. The fourth-order valence-corrected chi connectivity index (χ4v) is 5.37. The fraction of sp³-hybridized carbons (Fsp3) is 0.294. The van der Waals surface area contributed by atoms with Crippen LogP contribution in [0, 0.1) is 12.7 Å². The number of aromatic nitrogens is 2. The van der Waals surface area contributed by atoms with Crippen molar-refractivity contribution >= 4 is 11.8 Å². The molecule has 2 aromatic heterocycles. The van der Waals surface area contributed by atoms with Crippen LogP contribution in [0.2, 0.25) is 0 Å². The van der Waals surface area contributed by atoms with Crippen molar-refractivity contribution in [1.29, 1.82) is 0 Å². The van der Waals surface area contributed by atoms with Crippen LogP contribution in [0.25, 0.3) is 22.4 Å². The van der Waals surface area contributed by atoms with E-state index in [9.17, 15) is 32.3 Å². The maximum atomic E-state index is 14.8. The number of nitrogens with two attached hydrogens (primary N) is 1. The third kappa shape index (κ3) is 5.86. The van der Waals surface area contributed by atoms with Gasteiger partial charge in [-0.05, 0) is 81.3 Å². The highest BCUT2D eigenvalue weighted by Crippen LogP contribution is 2.48. The van der Waals surface area contributed by atoms with Gasteiger partial charge in [0.1, 0.15) is 35.0 Å². The number of rotatable bonds is 9. The zero-order valence-corrected chi connectivity index (χ0v) is 25.3. The number of ether oxygens (including phenoxy) is 2. The van der Waals surface area contributed by atoms with Crippen LogP contribution in [-0.4, -0.2) is 52.3 Å². The van der Waals surface area contributed by atoms with E-state index in [0.717, 1.165) is 31.0 Å². The number of hydrogen-bond acceptors (Lipinski definition) is 7. The summed E-state index contributed by atoms with van der Waals surface area (Å²) in [5, 5.41) is 13.6. The largest absolute Gasteiger partial charge is 0.490 e. The Balaban J connectivity index is 1.38. The average Bonchev–Trinajstić information content (AvgIpc) is 3.79. The van der Waals surface area contributed by atoms with Gasteiger partial charge in [-0.15, -0.1) is 0 Å². The molecule has 6 rings (SSSR count). The van der Waals surface area contributed by atoms with E-state index in [1.807, 2.05) is 0 Å². The van der Waals surface area contributed by atoms with Crippen LogP contribution in [-0.2, 0) is 15.8 Å². The van der Waals surface area contributed by atoms with Crippen molar-refractivity contribution in [1.82, 2.24) is 15.3 Å². The zero-order valence-electron chi connectivity index (χ0n) is 25.3. The van der Waals surface area contributed by atoms with Crippen LogP contribution < -0.4 is 20.5 Å². The number of benzene rings is 2. The Morgan fingerprint density at radius 1 is 1.11 bits per heavy atom. The maximum absolute atomic E-state index is 14.8. The van der Waals surface area contributed by atoms with Crippen LogP contribution in [0.4, 0.5) is 17.6 Å². The minimum absolute atomic E-state index is 0.0135. The molecule has 47 heavy (non-hydrogen) atoms. The topological polar surface area (TPSA) is 137 Å². The predicted octanol–water partition coefficient (Wildman–Crippen LogP) is 5.11. The molecule has 1 aliphatic heterocycles. The van der Waals surface area contributed by atoms with Crippen LogP contribution in [0.1, 0.15) is 47.1 Å². The summed E-state index contributed by atoms with van der Waals surface area (Å²) in [4.78, 5) is 34.3. The van der Waals surface area contributed by atoms with Gasteiger partial charge in [0, 0.05) is 39.7 Å². The van der Waals surface area contributed by atoms with Crippen LogP contribution >= 0.6 is 0 Å². The molecule has 2 aromatic carbocycles.